The Hall–Kier alpha value is -2.67. The van der Waals surface area contributed by atoms with Gasteiger partial charge in [-0.3, -0.25) is 4.79 Å². The Morgan fingerprint density at radius 1 is 1.15 bits per heavy atom. The monoisotopic (exact) mass is 355 g/mol. The number of likely N-dealkylation sites (tertiary alicyclic amines) is 1. The van der Waals surface area contributed by atoms with Gasteiger partial charge in [-0.15, -0.1) is 6.58 Å². The zero-order chi connectivity index (χ0) is 18.4. The number of carbonyl (C=O) groups excluding carboxylic acids is 1. The predicted molar refractivity (Wildman–Crippen MR) is 102 cm³/mol. The van der Waals surface area contributed by atoms with Crippen LogP contribution in [0, 0.1) is 0 Å². The highest BCUT2D eigenvalue weighted by Gasteiger charge is 2.14. The molecular formula is C19H25N5O2. The minimum absolute atomic E-state index is 0.0837. The number of benzene rings is 1. The molecule has 2 heterocycles. The molecule has 1 saturated heterocycles. The predicted octanol–water partition coefficient (Wildman–Crippen LogP) is 1.48. The van der Waals surface area contributed by atoms with E-state index in [0.29, 0.717) is 24.2 Å². The maximum Gasteiger partial charge on any atom is 0.315 e. The maximum atomic E-state index is 12.7. The Kier molecular flexibility index (Phi) is 6.01. The molecule has 26 heavy (non-hydrogen) atoms. The molecule has 0 aliphatic carbocycles. The van der Waals surface area contributed by atoms with Gasteiger partial charge in [-0.2, -0.15) is 5.10 Å². The molecule has 7 heteroatoms. The molecule has 0 spiro atoms. The summed E-state index contributed by atoms with van der Waals surface area (Å²) in [7, 11) is 0. The van der Waals surface area contributed by atoms with Crippen LogP contribution in [0.5, 0.6) is 0 Å². The fourth-order valence-corrected chi connectivity index (χ4v) is 3.22. The third-order valence-corrected chi connectivity index (χ3v) is 4.59. The van der Waals surface area contributed by atoms with E-state index in [-0.39, 0.29) is 18.1 Å². The molecule has 2 aromatic rings. The number of urea groups is 1. The molecular weight excluding hydrogens is 330 g/mol. The standard InChI is InChI=1S/C19H25N5O2/c1-2-9-20-19(26)21-14-17-15-7-3-4-8-16(15)18(25)24(22-17)13-12-23-10-5-6-11-23/h2-4,7-8H,1,5-6,9-14H2,(H2,20,21,26). The highest BCUT2D eigenvalue weighted by molar-refractivity contribution is 5.84. The van der Waals surface area contributed by atoms with E-state index in [1.807, 2.05) is 24.3 Å². The summed E-state index contributed by atoms with van der Waals surface area (Å²) in [6.07, 6.45) is 4.05. The Morgan fingerprint density at radius 2 is 1.88 bits per heavy atom. The molecule has 1 fully saturated rings. The molecule has 1 aliphatic heterocycles. The van der Waals surface area contributed by atoms with Gasteiger partial charge in [0.25, 0.3) is 5.56 Å². The summed E-state index contributed by atoms with van der Waals surface area (Å²) in [5.41, 5.74) is 0.607. The fourth-order valence-electron chi connectivity index (χ4n) is 3.22. The summed E-state index contributed by atoms with van der Waals surface area (Å²) in [6, 6.07) is 7.12. The summed E-state index contributed by atoms with van der Waals surface area (Å²) in [5, 5.41) is 11.4. The molecule has 1 aliphatic rings. The highest BCUT2D eigenvalue weighted by Crippen LogP contribution is 2.13. The quantitative estimate of drug-likeness (QED) is 0.738. The number of carbonyl (C=O) groups is 1. The van der Waals surface area contributed by atoms with Crippen molar-refractivity contribution in [3.05, 3.63) is 53.0 Å². The van der Waals surface area contributed by atoms with Crippen LogP contribution in [0.3, 0.4) is 0 Å². The number of hydrogen-bond donors (Lipinski definition) is 2. The lowest BCUT2D eigenvalue weighted by molar-refractivity contribution is 0.241. The summed E-state index contributed by atoms with van der Waals surface area (Å²) >= 11 is 0. The molecule has 1 aromatic heterocycles. The van der Waals surface area contributed by atoms with Gasteiger partial charge in [0.2, 0.25) is 0 Å². The first-order valence-corrected chi connectivity index (χ1v) is 9.02. The van der Waals surface area contributed by atoms with Crippen molar-refractivity contribution in [1.82, 2.24) is 25.3 Å². The van der Waals surface area contributed by atoms with E-state index in [1.54, 1.807) is 6.08 Å². The summed E-state index contributed by atoms with van der Waals surface area (Å²) in [5.74, 6) is 0. The number of hydrogen-bond acceptors (Lipinski definition) is 4. The van der Waals surface area contributed by atoms with Crippen LogP contribution in [0.2, 0.25) is 0 Å². The van der Waals surface area contributed by atoms with Crippen molar-refractivity contribution in [2.45, 2.75) is 25.9 Å². The van der Waals surface area contributed by atoms with Crippen LogP contribution in [0.1, 0.15) is 18.5 Å². The largest absolute Gasteiger partial charge is 0.335 e. The van der Waals surface area contributed by atoms with Gasteiger partial charge in [0, 0.05) is 18.5 Å². The van der Waals surface area contributed by atoms with Gasteiger partial charge in [0.05, 0.1) is 24.2 Å². The van der Waals surface area contributed by atoms with Crippen LogP contribution in [0.4, 0.5) is 4.79 Å². The lowest BCUT2D eigenvalue weighted by atomic mass is 10.1. The lowest BCUT2D eigenvalue weighted by Crippen LogP contribution is -2.36. The zero-order valence-electron chi connectivity index (χ0n) is 14.9. The first-order chi connectivity index (χ1) is 12.7. The zero-order valence-corrected chi connectivity index (χ0v) is 14.9. The minimum atomic E-state index is -0.286. The summed E-state index contributed by atoms with van der Waals surface area (Å²) in [4.78, 5) is 26.9. The van der Waals surface area contributed by atoms with Gasteiger partial charge in [-0.1, -0.05) is 24.3 Å². The number of nitrogens with zero attached hydrogens (tertiary/aromatic N) is 3. The van der Waals surface area contributed by atoms with Crippen LogP contribution in [-0.2, 0) is 13.1 Å². The molecule has 3 rings (SSSR count). The first-order valence-electron chi connectivity index (χ1n) is 9.02. The van der Waals surface area contributed by atoms with Gasteiger partial charge < -0.3 is 15.5 Å². The van der Waals surface area contributed by atoms with Crippen LogP contribution >= 0.6 is 0 Å². The van der Waals surface area contributed by atoms with Crippen LogP contribution in [0.25, 0.3) is 10.8 Å². The molecule has 0 radical (unpaired) electrons. The van der Waals surface area contributed by atoms with Crippen molar-refractivity contribution in [3.8, 4) is 0 Å². The van der Waals surface area contributed by atoms with Gasteiger partial charge in [0.1, 0.15) is 0 Å². The molecule has 0 atom stereocenters. The molecule has 2 N–H and O–H groups in total. The van der Waals surface area contributed by atoms with Crippen molar-refractivity contribution < 1.29 is 4.79 Å². The second-order valence-electron chi connectivity index (χ2n) is 6.42. The van der Waals surface area contributed by atoms with Crippen molar-refractivity contribution >= 4 is 16.8 Å². The van der Waals surface area contributed by atoms with Crippen molar-refractivity contribution in [2.75, 3.05) is 26.2 Å². The number of amides is 2. The SMILES string of the molecule is C=CCNC(=O)NCc1nn(CCN2CCCC2)c(=O)c2ccccc12. The average molecular weight is 355 g/mol. The molecule has 0 saturated carbocycles. The third kappa shape index (κ3) is 4.29. The Bertz CT molecular complexity index is 839. The molecule has 138 valence electrons. The number of nitrogens with one attached hydrogen (secondary N) is 2. The van der Waals surface area contributed by atoms with Crippen molar-refractivity contribution in [3.63, 3.8) is 0 Å². The van der Waals surface area contributed by atoms with Gasteiger partial charge in [-0.05, 0) is 32.0 Å². The Morgan fingerprint density at radius 3 is 2.62 bits per heavy atom. The van der Waals surface area contributed by atoms with Gasteiger partial charge >= 0.3 is 6.03 Å². The average Bonchev–Trinajstić information content (AvgIpc) is 3.18. The van der Waals surface area contributed by atoms with E-state index in [4.69, 9.17) is 0 Å². The van der Waals surface area contributed by atoms with Gasteiger partial charge in [-0.25, -0.2) is 9.48 Å². The van der Waals surface area contributed by atoms with E-state index >= 15 is 0 Å². The van der Waals surface area contributed by atoms with Crippen molar-refractivity contribution in [2.24, 2.45) is 0 Å². The maximum absolute atomic E-state index is 12.7. The van der Waals surface area contributed by atoms with Gasteiger partial charge in [0.15, 0.2) is 0 Å². The molecule has 2 amide bonds. The van der Waals surface area contributed by atoms with Crippen LogP contribution in [-0.4, -0.2) is 46.9 Å². The smallest absolute Gasteiger partial charge is 0.315 e. The fraction of sp³-hybridized carbons (Fsp3) is 0.421. The van der Waals surface area contributed by atoms with Crippen molar-refractivity contribution in [1.29, 1.82) is 0 Å². The molecule has 1 aromatic carbocycles. The third-order valence-electron chi connectivity index (χ3n) is 4.59. The normalized spacial score (nSPS) is 14.5. The van der Waals surface area contributed by atoms with E-state index in [2.05, 4.69) is 27.2 Å². The highest BCUT2D eigenvalue weighted by atomic mass is 16.2. The molecule has 0 bridgehead atoms. The molecule has 0 unspecified atom stereocenters. The van der Waals surface area contributed by atoms with E-state index in [1.165, 1.54) is 17.5 Å². The van der Waals surface area contributed by atoms with E-state index in [0.717, 1.165) is 25.0 Å². The van der Waals surface area contributed by atoms with E-state index in [9.17, 15) is 9.59 Å². The molecule has 7 nitrogen and oxygen atoms in total. The number of rotatable bonds is 7. The Balaban J connectivity index is 1.81. The van der Waals surface area contributed by atoms with Crippen LogP contribution < -0.4 is 16.2 Å². The number of fused-ring (bicyclic) bond motifs is 1. The Labute approximate surface area is 152 Å². The number of aromatic nitrogens is 2. The summed E-state index contributed by atoms with van der Waals surface area (Å²) < 4.78 is 1.53. The minimum Gasteiger partial charge on any atom is -0.335 e. The topological polar surface area (TPSA) is 79.3 Å². The second kappa shape index (κ2) is 8.62. The summed E-state index contributed by atoms with van der Waals surface area (Å²) in [6.45, 7) is 7.76. The van der Waals surface area contributed by atoms with Crippen LogP contribution in [0.15, 0.2) is 41.7 Å². The lowest BCUT2D eigenvalue weighted by Gasteiger charge is -2.16. The second-order valence-corrected chi connectivity index (χ2v) is 6.42. The first kappa shape index (κ1) is 18.1. The van der Waals surface area contributed by atoms with E-state index < -0.39 is 0 Å².